The molecule has 0 aliphatic carbocycles. The van der Waals surface area contributed by atoms with Crippen LogP contribution in [0.3, 0.4) is 0 Å². The maximum absolute atomic E-state index is 6.28. The Morgan fingerprint density at radius 3 is 2.89 bits per heavy atom. The highest BCUT2D eigenvalue weighted by atomic mass is 16.5. The Bertz CT molecular complexity index is 401. The molecule has 2 aliphatic heterocycles. The number of rotatable bonds is 1. The fourth-order valence-corrected chi connectivity index (χ4v) is 3.17. The van der Waals surface area contributed by atoms with Gasteiger partial charge in [-0.2, -0.15) is 0 Å². The Kier molecular flexibility index (Phi) is 3.52. The Morgan fingerprint density at radius 1 is 1.17 bits per heavy atom. The van der Waals surface area contributed by atoms with Gasteiger partial charge in [0.15, 0.2) is 0 Å². The fourth-order valence-electron chi connectivity index (χ4n) is 3.17. The van der Waals surface area contributed by atoms with Crippen LogP contribution in [0.2, 0.25) is 0 Å². The summed E-state index contributed by atoms with van der Waals surface area (Å²) in [5, 5.41) is 0. The summed E-state index contributed by atoms with van der Waals surface area (Å²) in [6, 6.07) is 9.34. The van der Waals surface area contributed by atoms with Gasteiger partial charge in [-0.15, -0.1) is 0 Å². The molecule has 0 spiro atoms. The minimum absolute atomic E-state index is 0.190. The van der Waals surface area contributed by atoms with Crippen LogP contribution in [-0.4, -0.2) is 25.8 Å². The lowest BCUT2D eigenvalue weighted by Gasteiger charge is -2.36. The number of hydrogen-bond donors (Lipinski definition) is 1. The van der Waals surface area contributed by atoms with E-state index in [1.165, 1.54) is 30.5 Å². The molecule has 0 saturated carbocycles. The highest BCUT2D eigenvalue weighted by molar-refractivity contribution is 5.56. The quantitative estimate of drug-likeness (QED) is 0.827. The van der Waals surface area contributed by atoms with Crippen molar-refractivity contribution in [2.45, 2.75) is 37.8 Å². The first-order valence-corrected chi connectivity index (χ1v) is 7.05. The summed E-state index contributed by atoms with van der Waals surface area (Å²) in [5.74, 6) is 0. The van der Waals surface area contributed by atoms with Gasteiger partial charge in [-0.1, -0.05) is 18.2 Å². The van der Waals surface area contributed by atoms with Gasteiger partial charge in [-0.3, -0.25) is 0 Å². The number of fused-ring (bicyclic) bond motifs is 1. The fraction of sp³-hybridized carbons (Fsp3) is 0.600. The normalized spacial score (nSPS) is 28.6. The van der Waals surface area contributed by atoms with E-state index >= 15 is 0 Å². The van der Waals surface area contributed by atoms with Crippen LogP contribution in [0.25, 0.3) is 0 Å². The van der Waals surface area contributed by atoms with E-state index in [-0.39, 0.29) is 6.04 Å². The Hall–Kier alpha value is -1.06. The van der Waals surface area contributed by atoms with E-state index in [2.05, 4.69) is 29.2 Å². The van der Waals surface area contributed by atoms with Crippen LogP contribution in [0.15, 0.2) is 24.3 Å². The van der Waals surface area contributed by atoms with Crippen LogP contribution >= 0.6 is 0 Å². The van der Waals surface area contributed by atoms with Crippen LogP contribution in [0.5, 0.6) is 0 Å². The molecule has 0 aromatic heterocycles. The van der Waals surface area contributed by atoms with E-state index in [1.807, 2.05) is 0 Å². The van der Waals surface area contributed by atoms with Crippen LogP contribution in [0.4, 0.5) is 5.69 Å². The van der Waals surface area contributed by atoms with Crippen molar-refractivity contribution in [2.24, 2.45) is 5.73 Å². The zero-order valence-electron chi connectivity index (χ0n) is 10.8. The molecule has 1 aromatic carbocycles. The van der Waals surface area contributed by atoms with E-state index in [9.17, 15) is 0 Å². The van der Waals surface area contributed by atoms with Gasteiger partial charge in [-0.05, 0) is 37.3 Å². The van der Waals surface area contributed by atoms with Crippen molar-refractivity contribution in [1.29, 1.82) is 0 Å². The molecule has 1 fully saturated rings. The second kappa shape index (κ2) is 5.29. The summed E-state index contributed by atoms with van der Waals surface area (Å²) in [4.78, 5) is 2.53. The molecule has 2 aliphatic rings. The maximum atomic E-state index is 6.28. The number of anilines is 1. The van der Waals surface area contributed by atoms with Gasteiger partial charge < -0.3 is 15.4 Å². The van der Waals surface area contributed by atoms with Crippen molar-refractivity contribution in [3.05, 3.63) is 29.8 Å². The van der Waals surface area contributed by atoms with Crippen molar-refractivity contribution < 1.29 is 4.74 Å². The molecule has 3 rings (SSSR count). The average Bonchev–Trinajstić information content (AvgIpc) is 2.60. The van der Waals surface area contributed by atoms with Gasteiger partial charge >= 0.3 is 0 Å². The largest absolute Gasteiger partial charge is 0.379 e. The van der Waals surface area contributed by atoms with Gasteiger partial charge in [0.2, 0.25) is 0 Å². The third-order valence-electron chi connectivity index (χ3n) is 4.14. The SMILES string of the molecule is NC1CCCN(C2CCCOC2)c2ccccc21. The summed E-state index contributed by atoms with van der Waals surface area (Å²) in [6.45, 7) is 2.90. The second-order valence-corrected chi connectivity index (χ2v) is 5.37. The average molecular weight is 246 g/mol. The van der Waals surface area contributed by atoms with Crippen LogP contribution in [0, 0.1) is 0 Å². The molecule has 0 radical (unpaired) electrons. The lowest BCUT2D eigenvalue weighted by Crippen LogP contribution is -2.41. The zero-order chi connectivity index (χ0) is 12.4. The monoisotopic (exact) mass is 246 g/mol. The lowest BCUT2D eigenvalue weighted by molar-refractivity contribution is 0.0792. The summed E-state index contributed by atoms with van der Waals surface area (Å²) < 4.78 is 5.65. The standard InChI is InChI=1S/C15H22N2O/c16-14-7-3-9-17(12-5-4-10-18-11-12)15-8-2-1-6-13(14)15/h1-2,6,8,12,14H,3-5,7,9-11,16H2. The topological polar surface area (TPSA) is 38.5 Å². The maximum Gasteiger partial charge on any atom is 0.0669 e. The molecule has 3 nitrogen and oxygen atoms in total. The zero-order valence-corrected chi connectivity index (χ0v) is 10.8. The van der Waals surface area contributed by atoms with Crippen molar-refractivity contribution in [1.82, 2.24) is 0 Å². The van der Waals surface area contributed by atoms with Crippen LogP contribution in [0.1, 0.15) is 37.3 Å². The molecule has 2 unspecified atom stereocenters. The first-order valence-electron chi connectivity index (χ1n) is 7.05. The number of para-hydroxylation sites is 1. The van der Waals surface area contributed by atoms with Gasteiger partial charge in [0.25, 0.3) is 0 Å². The first kappa shape index (κ1) is 12.0. The van der Waals surface area contributed by atoms with Gasteiger partial charge in [0, 0.05) is 24.9 Å². The molecular formula is C15H22N2O. The third-order valence-corrected chi connectivity index (χ3v) is 4.14. The van der Waals surface area contributed by atoms with Gasteiger partial charge in [0.05, 0.1) is 12.6 Å². The second-order valence-electron chi connectivity index (χ2n) is 5.37. The van der Waals surface area contributed by atoms with Crippen LogP contribution < -0.4 is 10.6 Å². The molecule has 2 atom stereocenters. The van der Waals surface area contributed by atoms with Crippen LogP contribution in [-0.2, 0) is 4.74 Å². The molecule has 2 heterocycles. The smallest absolute Gasteiger partial charge is 0.0669 e. The van der Waals surface area contributed by atoms with E-state index in [0.29, 0.717) is 6.04 Å². The summed E-state index contributed by atoms with van der Waals surface area (Å²) in [7, 11) is 0. The minimum Gasteiger partial charge on any atom is -0.379 e. The molecule has 3 heteroatoms. The predicted molar refractivity (Wildman–Crippen MR) is 73.8 cm³/mol. The molecule has 18 heavy (non-hydrogen) atoms. The Morgan fingerprint density at radius 2 is 2.06 bits per heavy atom. The molecule has 0 bridgehead atoms. The van der Waals surface area contributed by atoms with E-state index in [1.54, 1.807) is 0 Å². The Balaban J connectivity index is 1.91. The molecule has 1 saturated heterocycles. The first-order chi connectivity index (χ1) is 8.86. The van der Waals surface area contributed by atoms with Gasteiger partial charge in [-0.25, -0.2) is 0 Å². The summed E-state index contributed by atoms with van der Waals surface area (Å²) in [6.07, 6.45) is 4.67. The summed E-state index contributed by atoms with van der Waals surface area (Å²) in [5.41, 5.74) is 8.92. The third kappa shape index (κ3) is 2.25. The summed E-state index contributed by atoms with van der Waals surface area (Å²) >= 11 is 0. The highest BCUT2D eigenvalue weighted by Gasteiger charge is 2.26. The van der Waals surface area contributed by atoms with Gasteiger partial charge in [0.1, 0.15) is 0 Å². The highest BCUT2D eigenvalue weighted by Crippen LogP contribution is 2.33. The number of ether oxygens (including phenoxy) is 1. The van der Waals surface area contributed by atoms with Crippen molar-refractivity contribution in [3.8, 4) is 0 Å². The van der Waals surface area contributed by atoms with Crippen molar-refractivity contribution in [2.75, 3.05) is 24.7 Å². The number of hydrogen-bond acceptors (Lipinski definition) is 3. The molecule has 1 aromatic rings. The van der Waals surface area contributed by atoms with E-state index < -0.39 is 0 Å². The predicted octanol–water partition coefficient (Wildman–Crippen LogP) is 2.47. The van der Waals surface area contributed by atoms with Crippen molar-refractivity contribution >= 4 is 5.69 Å². The Labute approximate surface area is 109 Å². The molecule has 98 valence electrons. The van der Waals surface area contributed by atoms with E-state index in [0.717, 1.165) is 26.2 Å². The molecule has 2 N–H and O–H groups in total. The molecule has 0 amide bonds. The van der Waals surface area contributed by atoms with E-state index in [4.69, 9.17) is 10.5 Å². The molecular weight excluding hydrogens is 224 g/mol. The number of benzene rings is 1. The number of nitrogens with two attached hydrogens (primary N) is 1. The minimum atomic E-state index is 0.190. The lowest BCUT2D eigenvalue weighted by atomic mass is 10.0. The number of nitrogens with zero attached hydrogens (tertiary/aromatic N) is 1. The van der Waals surface area contributed by atoms with Crippen molar-refractivity contribution in [3.63, 3.8) is 0 Å².